The summed E-state index contributed by atoms with van der Waals surface area (Å²) in [5.74, 6) is -0.888. The van der Waals surface area contributed by atoms with Gasteiger partial charge < -0.3 is 9.88 Å². The van der Waals surface area contributed by atoms with Gasteiger partial charge >= 0.3 is 0 Å². The Bertz CT molecular complexity index is 582. The largest absolute Gasteiger partial charge is 0.360 e. The molecule has 4 nitrogen and oxygen atoms in total. The Balaban J connectivity index is 2.37. The Hall–Kier alpha value is -2.10. The van der Waals surface area contributed by atoms with Crippen LogP contribution in [0.15, 0.2) is 30.5 Å². The zero-order valence-corrected chi connectivity index (χ0v) is 10.6. The zero-order valence-electron chi connectivity index (χ0n) is 10.6. The predicted octanol–water partition coefficient (Wildman–Crippen LogP) is 2.22. The molecule has 4 heteroatoms. The van der Waals surface area contributed by atoms with E-state index in [1.807, 2.05) is 38.1 Å². The van der Waals surface area contributed by atoms with Crippen LogP contribution in [-0.4, -0.2) is 34.7 Å². The summed E-state index contributed by atoms with van der Waals surface area (Å²) in [6.07, 6.45) is 1.61. The normalized spacial score (nSPS) is 10.6. The maximum absolute atomic E-state index is 12.2. The number of H-pyrrole nitrogens is 1. The number of benzene rings is 1. The van der Waals surface area contributed by atoms with Crippen molar-refractivity contribution in [2.24, 2.45) is 0 Å². The first-order chi connectivity index (χ1) is 8.69. The van der Waals surface area contributed by atoms with Gasteiger partial charge in [0.05, 0.1) is 5.56 Å². The Kier molecular flexibility index (Phi) is 3.46. The summed E-state index contributed by atoms with van der Waals surface area (Å²) in [6, 6.07) is 7.47. The highest BCUT2D eigenvalue weighted by atomic mass is 16.2. The van der Waals surface area contributed by atoms with Crippen LogP contribution < -0.4 is 0 Å². The van der Waals surface area contributed by atoms with Gasteiger partial charge in [0.25, 0.3) is 11.7 Å². The Morgan fingerprint density at radius 2 is 1.83 bits per heavy atom. The number of ketones is 1. The summed E-state index contributed by atoms with van der Waals surface area (Å²) in [7, 11) is 0. The molecule has 0 unspecified atom stereocenters. The van der Waals surface area contributed by atoms with E-state index in [9.17, 15) is 9.59 Å². The second kappa shape index (κ2) is 5.04. The minimum Gasteiger partial charge on any atom is -0.360 e. The zero-order chi connectivity index (χ0) is 13.1. The van der Waals surface area contributed by atoms with Crippen molar-refractivity contribution in [2.45, 2.75) is 13.8 Å². The number of aromatic nitrogens is 1. The highest BCUT2D eigenvalue weighted by Crippen LogP contribution is 2.18. The van der Waals surface area contributed by atoms with Crippen molar-refractivity contribution in [3.63, 3.8) is 0 Å². The fourth-order valence-corrected chi connectivity index (χ4v) is 2.03. The van der Waals surface area contributed by atoms with E-state index in [2.05, 4.69) is 4.98 Å². The van der Waals surface area contributed by atoms with Crippen LogP contribution in [0.3, 0.4) is 0 Å². The van der Waals surface area contributed by atoms with Crippen LogP contribution in [0.2, 0.25) is 0 Å². The van der Waals surface area contributed by atoms with E-state index in [1.54, 1.807) is 6.20 Å². The van der Waals surface area contributed by atoms with Gasteiger partial charge in [0.15, 0.2) is 0 Å². The fraction of sp³-hybridized carbons (Fsp3) is 0.286. The second-order valence-corrected chi connectivity index (χ2v) is 4.05. The van der Waals surface area contributed by atoms with Gasteiger partial charge in [-0.15, -0.1) is 0 Å². The third-order valence-corrected chi connectivity index (χ3v) is 3.08. The molecule has 0 bridgehead atoms. The number of para-hydroxylation sites is 1. The molecule has 0 aliphatic rings. The van der Waals surface area contributed by atoms with E-state index < -0.39 is 11.7 Å². The topological polar surface area (TPSA) is 53.2 Å². The number of aromatic amines is 1. The molecule has 1 aromatic heterocycles. The van der Waals surface area contributed by atoms with E-state index in [4.69, 9.17) is 0 Å². The average molecular weight is 244 g/mol. The number of hydrogen-bond acceptors (Lipinski definition) is 2. The highest BCUT2D eigenvalue weighted by molar-refractivity contribution is 6.44. The molecule has 0 atom stereocenters. The van der Waals surface area contributed by atoms with Gasteiger partial charge in [0, 0.05) is 30.2 Å². The fourth-order valence-electron chi connectivity index (χ4n) is 2.03. The molecule has 2 rings (SSSR count). The van der Waals surface area contributed by atoms with Gasteiger partial charge in [-0.3, -0.25) is 9.59 Å². The van der Waals surface area contributed by atoms with Crippen molar-refractivity contribution in [1.29, 1.82) is 0 Å². The van der Waals surface area contributed by atoms with Crippen molar-refractivity contribution < 1.29 is 9.59 Å². The van der Waals surface area contributed by atoms with Crippen molar-refractivity contribution in [2.75, 3.05) is 13.1 Å². The van der Waals surface area contributed by atoms with E-state index in [1.165, 1.54) is 4.90 Å². The molecule has 0 saturated heterocycles. The first-order valence-corrected chi connectivity index (χ1v) is 6.08. The van der Waals surface area contributed by atoms with E-state index >= 15 is 0 Å². The number of carbonyl (C=O) groups is 2. The lowest BCUT2D eigenvalue weighted by Crippen LogP contribution is -2.36. The lowest BCUT2D eigenvalue weighted by Gasteiger charge is -2.17. The highest BCUT2D eigenvalue weighted by Gasteiger charge is 2.23. The molecule has 0 fully saturated rings. The monoisotopic (exact) mass is 244 g/mol. The molecule has 1 amide bonds. The summed E-state index contributed by atoms with van der Waals surface area (Å²) in [4.78, 5) is 28.7. The number of rotatable bonds is 4. The number of nitrogens with one attached hydrogen (secondary N) is 1. The van der Waals surface area contributed by atoms with Gasteiger partial charge in [-0.1, -0.05) is 18.2 Å². The van der Waals surface area contributed by atoms with Crippen LogP contribution in [-0.2, 0) is 4.79 Å². The molecule has 0 spiro atoms. The lowest BCUT2D eigenvalue weighted by molar-refractivity contribution is -0.126. The maximum Gasteiger partial charge on any atom is 0.295 e. The number of carbonyl (C=O) groups excluding carboxylic acids is 2. The molecule has 18 heavy (non-hydrogen) atoms. The molecule has 0 saturated carbocycles. The molecule has 94 valence electrons. The average Bonchev–Trinajstić information content (AvgIpc) is 2.83. The summed E-state index contributed by atoms with van der Waals surface area (Å²) in [5.41, 5.74) is 1.32. The molecule has 0 aliphatic carbocycles. The van der Waals surface area contributed by atoms with Crippen LogP contribution in [0.4, 0.5) is 0 Å². The smallest absolute Gasteiger partial charge is 0.295 e. The van der Waals surface area contributed by atoms with Gasteiger partial charge in [-0.05, 0) is 19.9 Å². The molecule has 2 aromatic rings. The van der Waals surface area contributed by atoms with Crippen molar-refractivity contribution in [3.05, 3.63) is 36.0 Å². The number of amides is 1. The Morgan fingerprint density at radius 1 is 1.17 bits per heavy atom. The molecule has 1 N–H and O–H groups in total. The minimum atomic E-state index is -0.448. The number of Topliss-reactive ketones (excluding diaryl/α,β-unsaturated/α-hetero) is 1. The van der Waals surface area contributed by atoms with Gasteiger partial charge in [0.1, 0.15) is 0 Å². The van der Waals surface area contributed by atoms with Gasteiger partial charge in [0.2, 0.25) is 0 Å². The van der Waals surface area contributed by atoms with E-state index in [0.29, 0.717) is 18.7 Å². The minimum absolute atomic E-state index is 0.440. The molecule has 1 aromatic carbocycles. The Labute approximate surface area is 106 Å². The number of hydrogen-bond donors (Lipinski definition) is 1. The quantitative estimate of drug-likeness (QED) is 0.662. The molecular weight excluding hydrogens is 228 g/mol. The van der Waals surface area contributed by atoms with Crippen molar-refractivity contribution in [3.8, 4) is 0 Å². The van der Waals surface area contributed by atoms with Gasteiger partial charge in [-0.2, -0.15) is 0 Å². The summed E-state index contributed by atoms with van der Waals surface area (Å²) >= 11 is 0. The molecule has 0 aliphatic heterocycles. The molecular formula is C14H16N2O2. The third kappa shape index (κ3) is 2.01. The Morgan fingerprint density at radius 3 is 2.50 bits per heavy atom. The predicted molar refractivity (Wildman–Crippen MR) is 70.6 cm³/mol. The lowest BCUT2D eigenvalue weighted by atomic mass is 10.1. The molecule has 0 radical (unpaired) electrons. The SMILES string of the molecule is CCN(CC)C(=O)C(=O)c1c[nH]c2ccccc12. The number of likely N-dealkylation sites (N-methyl/N-ethyl adjacent to an activating group) is 1. The third-order valence-electron chi connectivity index (χ3n) is 3.08. The first kappa shape index (κ1) is 12.4. The second-order valence-electron chi connectivity index (χ2n) is 4.05. The maximum atomic E-state index is 12.2. The standard InChI is InChI=1S/C14H16N2O2/c1-3-16(4-2)14(18)13(17)11-9-15-12-8-6-5-7-10(11)12/h5-9,15H,3-4H2,1-2H3. The van der Waals surface area contributed by atoms with Crippen LogP contribution in [0, 0.1) is 0 Å². The first-order valence-electron chi connectivity index (χ1n) is 6.08. The number of fused-ring (bicyclic) bond motifs is 1. The van der Waals surface area contributed by atoms with Gasteiger partial charge in [-0.25, -0.2) is 0 Å². The van der Waals surface area contributed by atoms with E-state index in [-0.39, 0.29) is 0 Å². The summed E-state index contributed by atoms with van der Waals surface area (Å²) in [5, 5.41) is 0.794. The van der Waals surface area contributed by atoms with Crippen LogP contribution >= 0.6 is 0 Å². The van der Waals surface area contributed by atoms with Crippen LogP contribution in [0.5, 0.6) is 0 Å². The van der Waals surface area contributed by atoms with Crippen molar-refractivity contribution in [1.82, 2.24) is 9.88 Å². The molecule has 1 heterocycles. The number of nitrogens with zero attached hydrogens (tertiary/aromatic N) is 1. The van der Waals surface area contributed by atoms with Crippen molar-refractivity contribution >= 4 is 22.6 Å². The summed E-state index contributed by atoms with van der Waals surface area (Å²) < 4.78 is 0. The van der Waals surface area contributed by atoms with Crippen LogP contribution in [0.1, 0.15) is 24.2 Å². The summed E-state index contributed by atoms with van der Waals surface area (Å²) in [6.45, 7) is 4.82. The van der Waals surface area contributed by atoms with Crippen LogP contribution in [0.25, 0.3) is 10.9 Å². The van der Waals surface area contributed by atoms with E-state index in [0.717, 1.165) is 10.9 Å².